The molecule has 1 fully saturated rings. The molecule has 1 aromatic heterocycles. The highest BCUT2D eigenvalue weighted by molar-refractivity contribution is 6.29. The zero-order valence-corrected chi connectivity index (χ0v) is 16.2. The number of esters is 1. The summed E-state index contributed by atoms with van der Waals surface area (Å²) in [7, 11) is 0. The van der Waals surface area contributed by atoms with E-state index in [-0.39, 0.29) is 36.2 Å². The van der Waals surface area contributed by atoms with Gasteiger partial charge in [-0.05, 0) is 31.2 Å². The van der Waals surface area contributed by atoms with Crippen molar-refractivity contribution < 1.29 is 19.1 Å². The van der Waals surface area contributed by atoms with Crippen LogP contribution in [0.5, 0.6) is 0 Å². The van der Waals surface area contributed by atoms with E-state index in [0.717, 1.165) is 4.90 Å². The summed E-state index contributed by atoms with van der Waals surface area (Å²) >= 11 is 5.75. The van der Waals surface area contributed by atoms with Gasteiger partial charge >= 0.3 is 5.97 Å². The van der Waals surface area contributed by atoms with Gasteiger partial charge in [0.15, 0.2) is 0 Å². The normalized spacial score (nSPS) is 22.9. The Morgan fingerprint density at radius 1 is 1.22 bits per heavy atom. The van der Waals surface area contributed by atoms with Crippen molar-refractivity contribution in [2.24, 2.45) is 17.8 Å². The molecular weight excluding hydrogens is 368 g/mol. The van der Waals surface area contributed by atoms with Gasteiger partial charge in [0.2, 0.25) is 11.8 Å². The van der Waals surface area contributed by atoms with Crippen LogP contribution in [-0.4, -0.2) is 33.7 Å². The molecule has 1 aliphatic heterocycles. The molecule has 3 atom stereocenters. The van der Waals surface area contributed by atoms with E-state index >= 15 is 0 Å². The third-order valence-electron chi connectivity index (χ3n) is 4.99. The fourth-order valence-electron chi connectivity index (χ4n) is 3.63. The van der Waals surface area contributed by atoms with E-state index in [2.05, 4.69) is 4.98 Å². The number of likely N-dealkylation sites (tertiary alicyclic amines) is 1. The number of aromatic nitrogens is 1. The van der Waals surface area contributed by atoms with Crippen LogP contribution in [0.15, 0.2) is 30.5 Å². The Kier molecular flexibility index (Phi) is 5.95. The van der Waals surface area contributed by atoms with Gasteiger partial charge < -0.3 is 4.74 Å². The van der Waals surface area contributed by atoms with Gasteiger partial charge in [-0.25, -0.2) is 9.78 Å². The van der Waals surface area contributed by atoms with Crippen LogP contribution in [0, 0.1) is 17.8 Å². The number of hydrogen-bond donors (Lipinski definition) is 0. The molecule has 0 aromatic carbocycles. The van der Waals surface area contributed by atoms with Crippen LogP contribution in [0.4, 0.5) is 0 Å². The molecule has 2 amide bonds. The summed E-state index contributed by atoms with van der Waals surface area (Å²) < 4.78 is 5.41. The molecule has 7 heteroatoms. The molecule has 0 N–H and O–H groups in total. The van der Waals surface area contributed by atoms with Gasteiger partial charge in [0.1, 0.15) is 17.8 Å². The van der Waals surface area contributed by atoms with Crippen molar-refractivity contribution in [1.82, 2.24) is 9.88 Å². The lowest BCUT2D eigenvalue weighted by molar-refractivity contribution is -0.160. The Hall–Kier alpha value is -2.21. The van der Waals surface area contributed by atoms with Crippen molar-refractivity contribution in [3.8, 4) is 0 Å². The van der Waals surface area contributed by atoms with Crippen LogP contribution < -0.4 is 0 Å². The number of carbonyl (C=O) groups excluding carboxylic acids is 3. The fourth-order valence-corrected chi connectivity index (χ4v) is 3.74. The van der Waals surface area contributed by atoms with Crippen molar-refractivity contribution >= 4 is 29.4 Å². The van der Waals surface area contributed by atoms with Crippen molar-refractivity contribution in [2.75, 3.05) is 0 Å². The quantitative estimate of drug-likeness (QED) is 0.323. The third-order valence-corrected chi connectivity index (χ3v) is 5.21. The lowest BCUT2D eigenvalue weighted by Crippen LogP contribution is -2.47. The lowest BCUT2D eigenvalue weighted by atomic mass is 9.85. The molecule has 0 spiro atoms. The third kappa shape index (κ3) is 4.21. The largest absolute Gasteiger partial charge is 0.459 e. The standard InChI is InChI=1S/C20H23ClN2O4/c1-12(2)9-16(20(26)27-11-13-7-8-17(21)22-10-13)23-18(24)14-5-3-4-6-15(14)19(23)25/h3-4,7-8,10,12,14-16H,5-6,9,11H2,1-2H3. The minimum Gasteiger partial charge on any atom is -0.459 e. The average Bonchev–Trinajstić information content (AvgIpc) is 2.90. The minimum absolute atomic E-state index is 0.0161. The Labute approximate surface area is 163 Å². The molecular formula is C20H23ClN2O4. The molecule has 0 bridgehead atoms. The number of pyridine rings is 1. The lowest BCUT2D eigenvalue weighted by Gasteiger charge is -2.26. The predicted molar refractivity (Wildman–Crippen MR) is 99.5 cm³/mol. The first kappa shape index (κ1) is 19.5. The highest BCUT2D eigenvalue weighted by Gasteiger charge is 2.51. The van der Waals surface area contributed by atoms with Gasteiger partial charge in [-0.15, -0.1) is 0 Å². The highest BCUT2D eigenvalue weighted by Crippen LogP contribution is 2.37. The SMILES string of the molecule is CC(C)CC(C(=O)OCc1ccc(Cl)nc1)N1C(=O)C2CC=CCC2C1=O. The van der Waals surface area contributed by atoms with Gasteiger partial charge in [-0.3, -0.25) is 14.5 Å². The molecule has 0 radical (unpaired) electrons. The number of amides is 2. The molecule has 2 heterocycles. The average molecular weight is 391 g/mol. The minimum atomic E-state index is -0.893. The second kappa shape index (κ2) is 8.21. The first-order valence-electron chi connectivity index (χ1n) is 9.17. The van der Waals surface area contributed by atoms with Crippen LogP contribution >= 0.6 is 11.6 Å². The number of halogens is 1. The second-order valence-electron chi connectivity index (χ2n) is 7.44. The summed E-state index contributed by atoms with van der Waals surface area (Å²) in [6.07, 6.45) is 6.86. The second-order valence-corrected chi connectivity index (χ2v) is 7.83. The number of carbonyl (C=O) groups is 3. The molecule has 1 saturated heterocycles. The molecule has 6 nitrogen and oxygen atoms in total. The van der Waals surface area contributed by atoms with Crippen molar-refractivity contribution in [3.05, 3.63) is 41.2 Å². The van der Waals surface area contributed by atoms with E-state index in [1.165, 1.54) is 6.20 Å². The maximum Gasteiger partial charge on any atom is 0.329 e. The summed E-state index contributed by atoms with van der Waals surface area (Å²) in [4.78, 5) is 43.5. The molecule has 3 unspecified atom stereocenters. The van der Waals surface area contributed by atoms with Gasteiger partial charge in [-0.2, -0.15) is 0 Å². The summed E-state index contributed by atoms with van der Waals surface area (Å²) in [5.74, 6) is -1.67. The van der Waals surface area contributed by atoms with Gasteiger partial charge in [-0.1, -0.05) is 43.7 Å². The van der Waals surface area contributed by atoms with Crippen LogP contribution in [0.25, 0.3) is 0 Å². The number of allylic oxidation sites excluding steroid dienone is 2. The first-order valence-corrected chi connectivity index (χ1v) is 9.55. The van der Waals surface area contributed by atoms with E-state index in [4.69, 9.17) is 16.3 Å². The van der Waals surface area contributed by atoms with Crippen molar-refractivity contribution in [1.29, 1.82) is 0 Å². The summed E-state index contributed by atoms with van der Waals surface area (Å²) in [5, 5.41) is 0.354. The monoisotopic (exact) mass is 390 g/mol. The van der Waals surface area contributed by atoms with E-state index < -0.39 is 12.0 Å². The smallest absolute Gasteiger partial charge is 0.329 e. The molecule has 2 aliphatic rings. The Balaban J connectivity index is 1.75. The number of ether oxygens (including phenoxy) is 1. The van der Waals surface area contributed by atoms with Gasteiger partial charge in [0, 0.05) is 11.8 Å². The molecule has 0 saturated carbocycles. The Morgan fingerprint density at radius 2 is 1.85 bits per heavy atom. The fraction of sp³-hybridized carbons (Fsp3) is 0.500. The van der Waals surface area contributed by atoms with Crippen molar-refractivity contribution in [2.45, 2.75) is 45.8 Å². The Morgan fingerprint density at radius 3 is 2.37 bits per heavy atom. The number of imide groups is 1. The topological polar surface area (TPSA) is 76.6 Å². The summed E-state index contributed by atoms with van der Waals surface area (Å²) in [6, 6.07) is 2.43. The first-order chi connectivity index (χ1) is 12.9. The van der Waals surface area contributed by atoms with Gasteiger partial charge in [0.05, 0.1) is 11.8 Å². The number of nitrogens with zero attached hydrogens (tertiary/aromatic N) is 2. The molecule has 3 rings (SSSR count). The predicted octanol–water partition coefficient (Wildman–Crippen LogP) is 3.14. The maximum absolute atomic E-state index is 12.8. The van der Waals surface area contributed by atoms with E-state index in [1.54, 1.807) is 12.1 Å². The van der Waals surface area contributed by atoms with Crippen LogP contribution in [0.2, 0.25) is 5.15 Å². The zero-order valence-electron chi connectivity index (χ0n) is 15.4. The number of hydrogen-bond acceptors (Lipinski definition) is 5. The maximum atomic E-state index is 12.8. The molecule has 144 valence electrons. The van der Waals surface area contributed by atoms with Crippen LogP contribution in [0.3, 0.4) is 0 Å². The van der Waals surface area contributed by atoms with Crippen LogP contribution in [0.1, 0.15) is 38.7 Å². The summed E-state index contributed by atoms with van der Waals surface area (Å²) in [6.45, 7) is 3.91. The molecule has 1 aliphatic carbocycles. The van der Waals surface area contributed by atoms with Crippen LogP contribution in [-0.2, 0) is 25.7 Å². The molecule has 1 aromatic rings. The molecule has 27 heavy (non-hydrogen) atoms. The summed E-state index contributed by atoms with van der Waals surface area (Å²) in [5.41, 5.74) is 0.688. The zero-order chi connectivity index (χ0) is 19.6. The number of fused-ring (bicyclic) bond motifs is 1. The van der Waals surface area contributed by atoms with E-state index in [1.807, 2.05) is 26.0 Å². The van der Waals surface area contributed by atoms with E-state index in [9.17, 15) is 14.4 Å². The van der Waals surface area contributed by atoms with Crippen molar-refractivity contribution in [3.63, 3.8) is 0 Å². The van der Waals surface area contributed by atoms with E-state index in [0.29, 0.717) is 30.0 Å². The Bertz CT molecular complexity index is 734. The number of rotatable bonds is 6. The van der Waals surface area contributed by atoms with Gasteiger partial charge in [0.25, 0.3) is 0 Å². The highest BCUT2D eigenvalue weighted by atomic mass is 35.5.